The molecule has 0 bridgehead atoms. The molecule has 0 spiro atoms. The van der Waals surface area contributed by atoms with Crippen molar-refractivity contribution in [2.45, 2.75) is 25.4 Å². The van der Waals surface area contributed by atoms with Crippen LogP contribution in [-0.4, -0.2) is 30.4 Å². The summed E-state index contributed by atoms with van der Waals surface area (Å²) in [6.45, 7) is 2.40. The summed E-state index contributed by atoms with van der Waals surface area (Å²) in [5.74, 6) is 6.43. The summed E-state index contributed by atoms with van der Waals surface area (Å²) in [7, 11) is 0. The van der Waals surface area contributed by atoms with Gasteiger partial charge >= 0.3 is 5.97 Å². The predicted molar refractivity (Wildman–Crippen MR) is 102 cm³/mol. The number of aliphatic carboxylic acids is 1. The number of hydrogen-bond acceptors (Lipinski definition) is 4. The predicted octanol–water partition coefficient (Wildman–Crippen LogP) is 4.14. The average Bonchev–Trinajstić information content (AvgIpc) is 2.66. The molecule has 0 unspecified atom stereocenters. The minimum Gasteiger partial charge on any atom is -0.490 e. The van der Waals surface area contributed by atoms with Crippen LogP contribution in [0.3, 0.4) is 0 Å². The number of rotatable bonds is 6. The number of ether oxygens (including phenoxy) is 3. The van der Waals surface area contributed by atoms with E-state index in [1.54, 1.807) is 37.3 Å². The molecule has 6 heteroatoms. The van der Waals surface area contributed by atoms with Gasteiger partial charge in [-0.25, -0.2) is 0 Å². The van der Waals surface area contributed by atoms with E-state index in [0.717, 1.165) is 5.56 Å². The number of hydrogen-bond donors (Lipinski definition) is 1. The third kappa shape index (κ3) is 5.08. The lowest BCUT2D eigenvalue weighted by Gasteiger charge is -2.26. The largest absolute Gasteiger partial charge is 0.490 e. The van der Waals surface area contributed by atoms with Gasteiger partial charge in [-0.15, -0.1) is 5.92 Å². The van der Waals surface area contributed by atoms with E-state index in [4.69, 9.17) is 30.9 Å². The molecule has 0 saturated heterocycles. The van der Waals surface area contributed by atoms with E-state index < -0.39 is 5.97 Å². The molecule has 1 heterocycles. The van der Waals surface area contributed by atoms with Gasteiger partial charge in [-0.2, -0.15) is 0 Å². The van der Waals surface area contributed by atoms with Crippen LogP contribution >= 0.6 is 11.6 Å². The fourth-order valence-corrected chi connectivity index (χ4v) is 2.92. The summed E-state index contributed by atoms with van der Waals surface area (Å²) < 4.78 is 17.3. The maximum Gasteiger partial charge on any atom is 0.304 e. The summed E-state index contributed by atoms with van der Waals surface area (Å²) in [6.07, 6.45) is -0.280. The van der Waals surface area contributed by atoms with Gasteiger partial charge in [0.2, 0.25) is 0 Å². The smallest absolute Gasteiger partial charge is 0.304 e. The fourth-order valence-electron chi connectivity index (χ4n) is 2.76. The summed E-state index contributed by atoms with van der Waals surface area (Å²) in [6, 6.07) is 12.5. The molecule has 5 nitrogen and oxygen atoms in total. The first-order chi connectivity index (χ1) is 13.0. The average molecular weight is 387 g/mol. The zero-order chi connectivity index (χ0) is 19.2. The lowest BCUT2D eigenvalue weighted by atomic mass is 9.96. The van der Waals surface area contributed by atoms with Crippen LogP contribution in [0.15, 0.2) is 42.5 Å². The van der Waals surface area contributed by atoms with E-state index in [9.17, 15) is 4.79 Å². The van der Waals surface area contributed by atoms with Crippen molar-refractivity contribution in [3.05, 3.63) is 53.1 Å². The van der Waals surface area contributed by atoms with Crippen molar-refractivity contribution in [2.24, 2.45) is 0 Å². The molecule has 1 N–H and O–H groups in total. The Morgan fingerprint density at radius 2 is 2.07 bits per heavy atom. The van der Waals surface area contributed by atoms with Crippen molar-refractivity contribution in [1.82, 2.24) is 0 Å². The molecule has 1 aliphatic rings. The van der Waals surface area contributed by atoms with Crippen LogP contribution in [0, 0.1) is 11.8 Å². The standard InChI is InChI=1S/C21H19ClO5/c1-2-3-15(10-21(23)24)14-4-7-17(8-5-14)25-12-18-13-26-19-9-6-16(22)11-20(19)27-18/h4-9,11,15,18H,10,12-13H2,1H3,(H,23,24)/t15-,18-/m0/s1. The van der Waals surface area contributed by atoms with E-state index >= 15 is 0 Å². The van der Waals surface area contributed by atoms with Crippen molar-refractivity contribution in [2.75, 3.05) is 13.2 Å². The Kier molecular flexibility index (Phi) is 6.10. The molecular formula is C21H19ClO5. The molecule has 2 aromatic carbocycles. The third-order valence-electron chi connectivity index (χ3n) is 4.04. The quantitative estimate of drug-likeness (QED) is 0.756. The Morgan fingerprint density at radius 3 is 2.78 bits per heavy atom. The maximum absolute atomic E-state index is 11.0. The molecule has 0 fully saturated rings. The zero-order valence-electron chi connectivity index (χ0n) is 14.8. The molecule has 3 rings (SSSR count). The van der Waals surface area contributed by atoms with Gasteiger partial charge in [-0.1, -0.05) is 29.7 Å². The Balaban J connectivity index is 1.59. The number of carboxylic acid groups (broad SMARTS) is 1. The highest BCUT2D eigenvalue weighted by molar-refractivity contribution is 6.30. The molecule has 27 heavy (non-hydrogen) atoms. The van der Waals surface area contributed by atoms with Crippen LogP contribution in [0.5, 0.6) is 17.2 Å². The summed E-state index contributed by atoms with van der Waals surface area (Å²) >= 11 is 5.98. The number of carboxylic acids is 1. The maximum atomic E-state index is 11.0. The lowest BCUT2D eigenvalue weighted by molar-refractivity contribution is -0.137. The SMILES string of the molecule is CC#C[C@@H](CC(=O)O)c1ccc(OC[C@H]2COc3ccc(Cl)cc3O2)cc1. The van der Waals surface area contributed by atoms with Crippen molar-refractivity contribution in [3.8, 4) is 29.1 Å². The zero-order valence-corrected chi connectivity index (χ0v) is 15.5. The summed E-state index contributed by atoms with van der Waals surface area (Å²) in [5.41, 5.74) is 0.847. The van der Waals surface area contributed by atoms with Crippen LogP contribution in [-0.2, 0) is 4.79 Å². The Bertz CT molecular complexity index is 866. The van der Waals surface area contributed by atoms with Gasteiger partial charge in [0.15, 0.2) is 17.6 Å². The Hall–Kier alpha value is -2.84. The van der Waals surface area contributed by atoms with Crippen molar-refractivity contribution >= 4 is 17.6 Å². The van der Waals surface area contributed by atoms with Crippen molar-refractivity contribution in [1.29, 1.82) is 0 Å². The van der Waals surface area contributed by atoms with E-state index in [2.05, 4.69) is 11.8 Å². The Morgan fingerprint density at radius 1 is 1.30 bits per heavy atom. The van der Waals surface area contributed by atoms with Crippen LogP contribution in [0.1, 0.15) is 24.8 Å². The normalized spacial score (nSPS) is 16.0. The molecule has 0 aliphatic carbocycles. The minimum absolute atomic E-state index is 0.0315. The van der Waals surface area contributed by atoms with Gasteiger partial charge in [0.25, 0.3) is 0 Å². The van der Waals surface area contributed by atoms with Gasteiger partial charge in [-0.3, -0.25) is 4.79 Å². The first-order valence-corrected chi connectivity index (χ1v) is 8.89. The van der Waals surface area contributed by atoms with E-state index in [1.807, 2.05) is 12.1 Å². The molecule has 140 valence electrons. The van der Waals surface area contributed by atoms with Gasteiger partial charge in [0.1, 0.15) is 19.0 Å². The van der Waals surface area contributed by atoms with Gasteiger partial charge in [0, 0.05) is 11.1 Å². The summed E-state index contributed by atoms with van der Waals surface area (Å²) in [5, 5.41) is 9.60. The molecule has 2 atom stereocenters. The molecule has 0 amide bonds. The fraction of sp³-hybridized carbons (Fsp3) is 0.286. The highest BCUT2D eigenvalue weighted by atomic mass is 35.5. The Labute approximate surface area is 162 Å². The molecule has 1 aliphatic heterocycles. The number of benzene rings is 2. The highest BCUT2D eigenvalue weighted by Crippen LogP contribution is 2.34. The molecule has 0 aromatic heterocycles. The third-order valence-corrected chi connectivity index (χ3v) is 4.27. The van der Waals surface area contributed by atoms with Gasteiger partial charge in [-0.05, 0) is 36.8 Å². The van der Waals surface area contributed by atoms with Crippen LogP contribution < -0.4 is 14.2 Å². The first-order valence-electron chi connectivity index (χ1n) is 8.51. The molecule has 2 aromatic rings. The number of carbonyl (C=O) groups is 1. The van der Waals surface area contributed by atoms with E-state index in [1.165, 1.54) is 0 Å². The van der Waals surface area contributed by atoms with Crippen LogP contribution in [0.2, 0.25) is 5.02 Å². The molecule has 0 radical (unpaired) electrons. The van der Waals surface area contributed by atoms with Crippen molar-refractivity contribution in [3.63, 3.8) is 0 Å². The first kappa shape index (κ1) is 18.9. The van der Waals surface area contributed by atoms with E-state index in [-0.39, 0.29) is 18.4 Å². The number of halogens is 1. The second-order valence-electron chi connectivity index (χ2n) is 6.07. The van der Waals surface area contributed by atoms with Crippen LogP contribution in [0.25, 0.3) is 0 Å². The monoisotopic (exact) mass is 386 g/mol. The minimum atomic E-state index is -0.877. The lowest BCUT2D eigenvalue weighted by Crippen LogP contribution is -2.34. The van der Waals surface area contributed by atoms with E-state index in [0.29, 0.717) is 35.5 Å². The topological polar surface area (TPSA) is 65.0 Å². The second-order valence-corrected chi connectivity index (χ2v) is 6.50. The van der Waals surface area contributed by atoms with Gasteiger partial charge in [0.05, 0.1) is 12.3 Å². The highest BCUT2D eigenvalue weighted by Gasteiger charge is 2.22. The number of fused-ring (bicyclic) bond motifs is 1. The second kappa shape index (κ2) is 8.70. The van der Waals surface area contributed by atoms with Crippen molar-refractivity contribution < 1.29 is 24.1 Å². The summed E-state index contributed by atoms with van der Waals surface area (Å²) in [4.78, 5) is 11.0. The van der Waals surface area contributed by atoms with Crippen LogP contribution in [0.4, 0.5) is 0 Å². The van der Waals surface area contributed by atoms with Gasteiger partial charge < -0.3 is 19.3 Å². The molecule has 0 saturated carbocycles. The molecular weight excluding hydrogens is 368 g/mol.